The van der Waals surface area contributed by atoms with E-state index in [2.05, 4.69) is 33.7 Å². The fourth-order valence-corrected chi connectivity index (χ4v) is 10.5. The largest absolute Gasteiger partial charge is 0.416 e. The predicted molar refractivity (Wildman–Crippen MR) is 297 cm³/mol. The second-order valence-corrected chi connectivity index (χ2v) is 18.5. The molecule has 0 N–H and O–H groups in total. The van der Waals surface area contributed by atoms with Gasteiger partial charge in [-0.2, -0.15) is 18.4 Å². The molecule has 0 aliphatic rings. The van der Waals surface area contributed by atoms with Crippen LogP contribution in [0.2, 0.25) is 0 Å². The first kappa shape index (κ1) is 45.4. The Morgan fingerprint density at radius 1 is 0.395 bits per heavy atom. The van der Waals surface area contributed by atoms with Gasteiger partial charge in [0.25, 0.3) is 0 Å². The lowest BCUT2D eigenvalue weighted by Gasteiger charge is -2.21. The van der Waals surface area contributed by atoms with Crippen molar-refractivity contribution in [1.82, 2.24) is 24.1 Å². The number of nitriles is 1. The van der Waals surface area contributed by atoms with E-state index in [0.717, 1.165) is 83.1 Å². The van der Waals surface area contributed by atoms with Crippen LogP contribution >= 0.6 is 0 Å². The second-order valence-electron chi connectivity index (χ2n) is 18.5. The standard InChI is InChI=1S/C66H38F3N7/c1-71-50-21-13-20-45(35-50)47-27-31-59-54(37-47)52-23-8-10-24-57(52)75(59)61-32-28-48(65-73-63(42-15-4-2-5-16-42)72-64(74-65)43-17-6-3-7-18-43)38-55(61)56-39-49(66(67,68)69)29-33-62(56)76-58-25-11-9-22-51(58)53-36-46(26-30-60(53)76)44-19-12-14-41(34-44)40-70/h2-39H. The van der Waals surface area contributed by atoms with E-state index in [1.54, 1.807) is 18.2 Å². The summed E-state index contributed by atoms with van der Waals surface area (Å²) in [5.74, 6) is 1.23. The minimum atomic E-state index is -4.70. The topological polar surface area (TPSA) is 76.7 Å². The number of para-hydroxylation sites is 2. The van der Waals surface area contributed by atoms with Crippen LogP contribution in [0.25, 0.3) is 127 Å². The molecule has 0 spiro atoms. The van der Waals surface area contributed by atoms with Crippen molar-refractivity contribution in [3.8, 4) is 85.0 Å². The molecule has 0 saturated carbocycles. The van der Waals surface area contributed by atoms with Crippen molar-refractivity contribution < 1.29 is 13.2 Å². The van der Waals surface area contributed by atoms with Gasteiger partial charge in [0.2, 0.25) is 0 Å². The molecule has 7 nitrogen and oxygen atoms in total. The van der Waals surface area contributed by atoms with Gasteiger partial charge < -0.3 is 9.13 Å². The third-order valence-electron chi connectivity index (χ3n) is 14.0. The Bertz CT molecular complexity index is 4480. The van der Waals surface area contributed by atoms with Crippen LogP contribution in [0.3, 0.4) is 0 Å². The van der Waals surface area contributed by atoms with Crippen LogP contribution in [0.5, 0.6) is 0 Å². The lowest BCUT2D eigenvalue weighted by molar-refractivity contribution is -0.137. The van der Waals surface area contributed by atoms with Gasteiger partial charge in [0.15, 0.2) is 23.2 Å². The molecule has 3 heterocycles. The van der Waals surface area contributed by atoms with E-state index in [-0.39, 0.29) is 0 Å². The van der Waals surface area contributed by atoms with Gasteiger partial charge in [-0.3, -0.25) is 0 Å². The lowest BCUT2D eigenvalue weighted by Crippen LogP contribution is -2.08. The molecule has 13 aromatic rings. The van der Waals surface area contributed by atoms with Gasteiger partial charge in [-0.05, 0) is 113 Å². The summed E-state index contributed by atoms with van der Waals surface area (Å²) in [6.45, 7) is 7.68. The molecule has 10 aromatic carbocycles. The molecule has 0 atom stereocenters. The van der Waals surface area contributed by atoms with E-state index in [1.165, 1.54) is 6.07 Å². The van der Waals surface area contributed by atoms with E-state index in [9.17, 15) is 5.26 Å². The fourth-order valence-electron chi connectivity index (χ4n) is 10.5. The summed E-state index contributed by atoms with van der Waals surface area (Å²) in [6, 6.07) is 74.4. The van der Waals surface area contributed by atoms with Crippen molar-refractivity contribution in [1.29, 1.82) is 5.26 Å². The average Bonchev–Trinajstić information content (AvgIpc) is 4.01. The second kappa shape index (κ2) is 18.3. The zero-order chi connectivity index (χ0) is 51.5. The number of hydrogen-bond donors (Lipinski definition) is 0. The summed E-state index contributed by atoms with van der Waals surface area (Å²) in [5, 5.41) is 13.4. The van der Waals surface area contributed by atoms with Crippen LogP contribution in [0.1, 0.15) is 11.1 Å². The van der Waals surface area contributed by atoms with Gasteiger partial charge >= 0.3 is 6.18 Å². The minimum Gasteiger partial charge on any atom is -0.309 e. The van der Waals surface area contributed by atoms with Crippen molar-refractivity contribution in [3.05, 3.63) is 253 Å². The van der Waals surface area contributed by atoms with E-state index in [4.69, 9.17) is 21.5 Å². The molecule has 76 heavy (non-hydrogen) atoms. The van der Waals surface area contributed by atoms with Crippen molar-refractivity contribution in [2.24, 2.45) is 0 Å². The number of alkyl halides is 3. The first-order valence-corrected chi connectivity index (χ1v) is 24.5. The Morgan fingerprint density at radius 2 is 0.842 bits per heavy atom. The highest BCUT2D eigenvalue weighted by atomic mass is 19.4. The molecule has 13 rings (SSSR count). The Balaban J connectivity index is 1.12. The molecular weight excluding hydrogens is 948 g/mol. The molecule has 358 valence electrons. The highest BCUT2D eigenvalue weighted by Gasteiger charge is 2.33. The normalized spacial score (nSPS) is 11.6. The summed E-state index contributed by atoms with van der Waals surface area (Å²) in [6.07, 6.45) is -4.70. The number of aromatic nitrogens is 5. The number of halogens is 3. The first-order chi connectivity index (χ1) is 37.2. The molecule has 0 amide bonds. The molecular formula is C66H38F3N7. The van der Waals surface area contributed by atoms with E-state index >= 15 is 13.2 Å². The van der Waals surface area contributed by atoms with Gasteiger partial charge in [0, 0.05) is 49.4 Å². The fraction of sp³-hybridized carbons (Fsp3) is 0.0152. The van der Waals surface area contributed by atoms with Gasteiger partial charge in [-0.25, -0.2) is 19.8 Å². The first-order valence-electron chi connectivity index (χ1n) is 24.5. The number of nitrogens with zero attached hydrogens (tertiary/aromatic N) is 7. The van der Waals surface area contributed by atoms with Gasteiger partial charge in [0.05, 0.1) is 57.2 Å². The van der Waals surface area contributed by atoms with Crippen LogP contribution in [-0.4, -0.2) is 24.1 Å². The summed E-state index contributed by atoms with van der Waals surface area (Å²) in [5.41, 5.74) is 11.1. The summed E-state index contributed by atoms with van der Waals surface area (Å²) in [7, 11) is 0. The summed E-state index contributed by atoms with van der Waals surface area (Å²) in [4.78, 5) is 18.8. The monoisotopic (exact) mass is 985 g/mol. The highest BCUT2D eigenvalue weighted by molar-refractivity contribution is 6.13. The molecule has 0 aliphatic heterocycles. The molecule has 0 radical (unpaired) electrons. The highest BCUT2D eigenvalue weighted by Crippen LogP contribution is 2.45. The molecule has 10 heteroatoms. The Kier molecular flexibility index (Phi) is 10.9. The maximum absolute atomic E-state index is 15.4. The van der Waals surface area contributed by atoms with E-state index in [1.807, 2.05) is 187 Å². The van der Waals surface area contributed by atoms with Crippen LogP contribution in [0.4, 0.5) is 18.9 Å². The average molecular weight is 986 g/mol. The van der Waals surface area contributed by atoms with Crippen molar-refractivity contribution >= 4 is 49.3 Å². The number of rotatable bonds is 8. The van der Waals surface area contributed by atoms with Crippen LogP contribution in [0, 0.1) is 17.9 Å². The smallest absolute Gasteiger partial charge is 0.309 e. The molecule has 0 fully saturated rings. The van der Waals surface area contributed by atoms with Gasteiger partial charge in [0.1, 0.15) is 0 Å². The molecule has 0 aliphatic carbocycles. The molecule has 0 bridgehead atoms. The Labute approximate surface area is 434 Å². The zero-order valence-electron chi connectivity index (χ0n) is 40.2. The van der Waals surface area contributed by atoms with Crippen LogP contribution in [-0.2, 0) is 6.18 Å². The number of benzene rings is 10. The van der Waals surface area contributed by atoms with Gasteiger partial charge in [-0.15, -0.1) is 0 Å². The predicted octanol–water partition coefficient (Wildman–Crippen LogP) is 17.5. The molecule has 0 saturated heterocycles. The zero-order valence-corrected chi connectivity index (χ0v) is 40.2. The van der Waals surface area contributed by atoms with Gasteiger partial charge in [-0.1, -0.05) is 140 Å². The lowest BCUT2D eigenvalue weighted by atomic mass is 9.96. The van der Waals surface area contributed by atoms with Crippen molar-refractivity contribution in [2.75, 3.05) is 0 Å². The summed E-state index contributed by atoms with van der Waals surface area (Å²) < 4.78 is 50.4. The minimum absolute atomic E-state index is 0.319. The quantitative estimate of drug-likeness (QED) is 0.142. The maximum atomic E-state index is 15.4. The van der Waals surface area contributed by atoms with Crippen LogP contribution < -0.4 is 0 Å². The molecule has 0 unspecified atom stereocenters. The third kappa shape index (κ3) is 7.90. The van der Waals surface area contributed by atoms with E-state index in [0.29, 0.717) is 56.8 Å². The number of fused-ring (bicyclic) bond motifs is 6. The third-order valence-corrected chi connectivity index (χ3v) is 14.0. The Morgan fingerprint density at radius 3 is 1.39 bits per heavy atom. The molecule has 3 aromatic heterocycles. The summed E-state index contributed by atoms with van der Waals surface area (Å²) >= 11 is 0. The Hall–Kier alpha value is -10.4. The van der Waals surface area contributed by atoms with Crippen molar-refractivity contribution in [3.63, 3.8) is 0 Å². The SMILES string of the molecule is [C-]#[N+]c1cccc(-c2ccc3c(c2)c2ccccc2n3-c2ccc(-c3nc(-c4ccccc4)nc(-c4ccccc4)n3)cc2-c2cc(C(F)(F)F)ccc2-n2c3ccccc3c3cc(-c4cccc(C#N)c4)ccc32)c1. The van der Waals surface area contributed by atoms with E-state index < -0.39 is 11.7 Å². The van der Waals surface area contributed by atoms with Crippen molar-refractivity contribution in [2.45, 2.75) is 6.18 Å². The van der Waals surface area contributed by atoms with Crippen LogP contribution in [0.15, 0.2) is 231 Å². The number of hydrogen-bond acceptors (Lipinski definition) is 4. The maximum Gasteiger partial charge on any atom is 0.416 e.